The van der Waals surface area contributed by atoms with Crippen molar-refractivity contribution in [2.45, 2.75) is 19.9 Å². The normalized spacial score (nSPS) is 12.9. The van der Waals surface area contributed by atoms with Crippen LogP contribution in [0.25, 0.3) is 0 Å². The molecule has 0 unspecified atom stereocenters. The van der Waals surface area contributed by atoms with Crippen LogP contribution in [0.15, 0.2) is 30.3 Å². The molecule has 0 radical (unpaired) electrons. The fourth-order valence-electron chi connectivity index (χ4n) is 2.38. The second-order valence-corrected chi connectivity index (χ2v) is 5.41. The number of hydrogen-bond acceptors (Lipinski definition) is 2. The third kappa shape index (κ3) is 2.59. The van der Waals surface area contributed by atoms with Crippen LogP contribution in [0.4, 0.5) is 10.1 Å². The fourth-order valence-corrected chi connectivity index (χ4v) is 2.64. The van der Waals surface area contributed by atoms with E-state index in [1.807, 2.05) is 18.2 Å². The molecule has 2 aromatic rings. The predicted octanol–water partition coefficient (Wildman–Crippen LogP) is 4.33. The highest BCUT2D eigenvalue weighted by Gasteiger charge is 2.17. The van der Waals surface area contributed by atoms with Crippen molar-refractivity contribution in [3.8, 4) is 5.75 Å². The Balaban J connectivity index is 1.80. The first-order valence-corrected chi connectivity index (χ1v) is 6.95. The summed E-state index contributed by atoms with van der Waals surface area (Å²) < 4.78 is 19.1. The van der Waals surface area contributed by atoms with Gasteiger partial charge in [-0.05, 0) is 42.3 Å². The lowest BCUT2D eigenvalue weighted by molar-refractivity contribution is 0.354. The first-order chi connectivity index (χ1) is 9.63. The third-order valence-corrected chi connectivity index (χ3v) is 3.70. The molecule has 0 saturated carbocycles. The smallest absolute Gasteiger partial charge is 0.128 e. The van der Waals surface area contributed by atoms with E-state index in [1.165, 1.54) is 6.07 Å². The van der Waals surface area contributed by atoms with E-state index in [2.05, 4.69) is 5.32 Å². The van der Waals surface area contributed by atoms with Crippen LogP contribution in [-0.2, 0) is 13.0 Å². The number of rotatable bonds is 3. The molecule has 0 spiro atoms. The van der Waals surface area contributed by atoms with Crippen molar-refractivity contribution in [3.05, 3.63) is 57.9 Å². The molecule has 4 heteroatoms. The lowest BCUT2D eigenvalue weighted by Gasteiger charge is -2.11. The average molecular weight is 292 g/mol. The van der Waals surface area contributed by atoms with E-state index in [1.54, 1.807) is 13.0 Å². The van der Waals surface area contributed by atoms with Gasteiger partial charge < -0.3 is 10.1 Å². The van der Waals surface area contributed by atoms with Crippen molar-refractivity contribution in [2.75, 3.05) is 11.9 Å². The summed E-state index contributed by atoms with van der Waals surface area (Å²) in [7, 11) is 0. The predicted molar refractivity (Wildman–Crippen MR) is 79.1 cm³/mol. The van der Waals surface area contributed by atoms with Crippen LogP contribution in [0.2, 0.25) is 5.02 Å². The van der Waals surface area contributed by atoms with Crippen molar-refractivity contribution in [1.82, 2.24) is 0 Å². The zero-order chi connectivity index (χ0) is 14.1. The molecule has 0 bridgehead atoms. The van der Waals surface area contributed by atoms with Crippen LogP contribution >= 0.6 is 11.6 Å². The number of benzene rings is 2. The van der Waals surface area contributed by atoms with Crippen molar-refractivity contribution < 1.29 is 9.13 Å². The SMILES string of the molecule is Cc1ccc(NCc2cc(Cl)cc3c2OCC3)cc1F. The van der Waals surface area contributed by atoms with Crippen LogP contribution in [0, 0.1) is 12.7 Å². The summed E-state index contributed by atoms with van der Waals surface area (Å²) in [5, 5.41) is 3.92. The van der Waals surface area contributed by atoms with Crippen molar-refractivity contribution >= 4 is 17.3 Å². The van der Waals surface area contributed by atoms with E-state index in [4.69, 9.17) is 16.3 Å². The van der Waals surface area contributed by atoms with Crippen LogP contribution in [-0.4, -0.2) is 6.61 Å². The van der Waals surface area contributed by atoms with Crippen LogP contribution in [0.3, 0.4) is 0 Å². The molecular weight excluding hydrogens is 277 g/mol. The minimum Gasteiger partial charge on any atom is -0.493 e. The zero-order valence-corrected chi connectivity index (χ0v) is 11.9. The maximum atomic E-state index is 13.5. The van der Waals surface area contributed by atoms with Gasteiger partial charge in [-0.2, -0.15) is 0 Å². The minimum absolute atomic E-state index is 0.206. The van der Waals surface area contributed by atoms with Crippen molar-refractivity contribution in [1.29, 1.82) is 0 Å². The Kier molecular flexibility index (Phi) is 3.53. The summed E-state index contributed by atoms with van der Waals surface area (Å²) >= 11 is 6.11. The van der Waals surface area contributed by atoms with E-state index < -0.39 is 0 Å². The highest BCUT2D eigenvalue weighted by atomic mass is 35.5. The molecule has 1 N–H and O–H groups in total. The maximum absolute atomic E-state index is 13.5. The molecule has 3 rings (SSSR count). The van der Waals surface area contributed by atoms with Crippen molar-refractivity contribution in [3.63, 3.8) is 0 Å². The summed E-state index contributed by atoms with van der Waals surface area (Å²) in [6.45, 7) is 3.00. The average Bonchev–Trinajstić information content (AvgIpc) is 2.88. The van der Waals surface area contributed by atoms with Crippen LogP contribution < -0.4 is 10.1 Å². The molecule has 0 aromatic heterocycles. The number of ether oxygens (including phenoxy) is 1. The number of hydrogen-bond donors (Lipinski definition) is 1. The van der Waals surface area contributed by atoms with Gasteiger partial charge in [0.05, 0.1) is 6.61 Å². The Bertz CT molecular complexity index is 657. The Hall–Kier alpha value is -1.74. The molecule has 0 fully saturated rings. The molecule has 2 aromatic carbocycles. The van der Waals surface area contributed by atoms with Gasteiger partial charge in [0.1, 0.15) is 11.6 Å². The molecule has 0 atom stereocenters. The first kappa shape index (κ1) is 13.3. The maximum Gasteiger partial charge on any atom is 0.128 e. The minimum atomic E-state index is -0.206. The van der Waals surface area contributed by atoms with Gasteiger partial charge in [-0.1, -0.05) is 17.7 Å². The number of halogens is 2. The second kappa shape index (κ2) is 5.33. The van der Waals surface area contributed by atoms with Crippen molar-refractivity contribution in [2.24, 2.45) is 0 Å². The Labute approximate surface area is 122 Å². The second-order valence-electron chi connectivity index (χ2n) is 4.97. The van der Waals surface area contributed by atoms with Gasteiger partial charge in [0.25, 0.3) is 0 Å². The summed E-state index contributed by atoms with van der Waals surface area (Å²) in [5.41, 5.74) is 3.54. The van der Waals surface area contributed by atoms with E-state index in [-0.39, 0.29) is 5.82 Å². The highest BCUT2D eigenvalue weighted by Crippen LogP contribution is 2.33. The first-order valence-electron chi connectivity index (χ1n) is 6.57. The molecule has 1 heterocycles. The Morgan fingerprint density at radius 1 is 1.30 bits per heavy atom. The summed E-state index contributed by atoms with van der Waals surface area (Å²) in [6, 6.07) is 8.96. The van der Waals surface area contributed by atoms with Gasteiger partial charge in [-0.15, -0.1) is 0 Å². The molecule has 20 heavy (non-hydrogen) atoms. The number of nitrogens with one attached hydrogen (secondary N) is 1. The lowest BCUT2D eigenvalue weighted by Crippen LogP contribution is -2.02. The van der Waals surface area contributed by atoms with E-state index in [0.29, 0.717) is 23.7 Å². The Morgan fingerprint density at radius 3 is 2.95 bits per heavy atom. The van der Waals surface area contributed by atoms with E-state index in [9.17, 15) is 4.39 Å². The van der Waals surface area contributed by atoms with Gasteiger partial charge in [0, 0.05) is 29.2 Å². The summed E-state index contributed by atoms with van der Waals surface area (Å²) in [4.78, 5) is 0. The molecule has 0 saturated heterocycles. The van der Waals surface area contributed by atoms with Gasteiger partial charge in [0.2, 0.25) is 0 Å². The molecule has 104 valence electrons. The van der Waals surface area contributed by atoms with Gasteiger partial charge in [-0.25, -0.2) is 4.39 Å². The van der Waals surface area contributed by atoms with Gasteiger partial charge in [-0.3, -0.25) is 0 Å². The van der Waals surface area contributed by atoms with E-state index >= 15 is 0 Å². The van der Waals surface area contributed by atoms with E-state index in [0.717, 1.165) is 29.0 Å². The molecule has 0 aliphatic carbocycles. The molecular formula is C16H15ClFNO. The number of anilines is 1. The fraction of sp³-hybridized carbons (Fsp3) is 0.250. The van der Waals surface area contributed by atoms with Gasteiger partial charge in [0.15, 0.2) is 0 Å². The quantitative estimate of drug-likeness (QED) is 0.908. The Morgan fingerprint density at radius 2 is 2.15 bits per heavy atom. The standard InChI is InChI=1S/C16H15ClFNO/c1-10-2-3-14(8-15(10)18)19-9-12-7-13(17)6-11-4-5-20-16(11)12/h2-3,6-8,19H,4-5,9H2,1H3. The summed E-state index contributed by atoms with van der Waals surface area (Å²) in [5.74, 6) is 0.706. The van der Waals surface area contributed by atoms with Gasteiger partial charge >= 0.3 is 0 Å². The lowest BCUT2D eigenvalue weighted by atomic mass is 10.1. The molecule has 1 aliphatic heterocycles. The van der Waals surface area contributed by atoms with Crippen LogP contribution in [0.1, 0.15) is 16.7 Å². The molecule has 2 nitrogen and oxygen atoms in total. The van der Waals surface area contributed by atoms with Crippen LogP contribution in [0.5, 0.6) is 5.75 Å². The highest BCUT2D eigenvalue weighted by molar-refractivity contribution is 6.30. The number of aryl methyl sites for hydroxylation is 1. The topological polar surface area (TPSA) is 21.3 Å². The molecule has 1 aliphatic rings. The molecule has 0 amide bonds. The number of fused-ring (bicyclic) bond motifs is 1. The zero-order valence-electron chi connectivity index (χ0n) is 11.2. The largest absolute Gasteiger partial charge is 0.493 e. The summed E-state index contributed by atoms with van der Waals surface area (Å²) in [6.07, 6.45) is 0.891. The third-order valence-electron chi connectivity index (χ3n) is 3.48. The monoisotopic (exact) mass is 291 g/mol.